The Labute approximate surface area is 115 Å². The minimum atomic E-state index is 0.983. The van der Waals surface area contributed by atoms with Gasteiger partial charge in [0, 0.05) is 30.6 Å². The van der Waals surface area contributed by atoms with Crippen LogP contribution in [0.4, 0.5) is 11.4 Å². The second-order valence-electron chi connectivity index (χ2n) is 4.32. The van der Waals surface area contributed by atoms with Crippen molar-refractivity contribution in [2.75, 3.05) is 18.0 Å². The zero-order valence-corrected chi connectivity index (χ0v) is 11.6. The quantitative estimate of drug-likeness (QED) is 0.725. The molecule has 2 aromatic carbocycles. The maximum atomic E-state index is 4.54. The molecule has 0 aromatic heterocycles. The highest BCUT2D eigenvalue weighted by Crippen LogP contribution is 2.19. The molecule has 0 spiro atoms. The summed E-state index contributed by atoms with van der Waals surface area (Å²) >= 11 is 0. The van der Waals surface area contributed by atoms with Crippen molar-refractivity contribution in [3.63, 3.8) is 0 Å². The standard InChI is InChI=1S/C17H20N2/c1-3-19(4-2)17-13-9-8-10-15(17)14-18-16-11-6-5-7-12-16/h5-14H,3-4H2,1-2H3. The first kappa shape index (κ1) is 13.3. The van der Waals surface area contributed by atoms with Crippen LogP contribution in [0.15, 0.2) is 59.6 Å². The molecule has 2 heteroatoms. The van der Waals surface area contributed by atoms with Gasteiger partial charge in [-0.1, -0.05) is 36.4 Å². The Kier molecular flexibility index (Phi) is 4.73. The Balaban J connectivity index is 2.28. The minimum absolute atomic E-state index is 0.983. The van der Waals surface area contributed by atoms with Gasteiger partial charge in [0.05, 0.1) is 5.69 Å². The molecule has 98 valence electrons. The lowest BCUT2D eigenvalue weighted by Gasteiger charge is -2.22. The molecule has 0 atom stereocenters. The molecule has 0 unspecified atom stereocenters. The molecular formula is C17H20N2. The Bertz CT molecular complexity index is 528. The minimum Gasteiger partial charge on any atom is -0.372 e. The van der Waals surface area contributed by atoms with Gasteiger partial charge in [-0.2, -0.15) is 0 Å². The highest BCUT2D eigenvalue weighted by molar-refractivity contribution is 5.89. The topological polar surface area (TPSA) is 15.6 Å². The Morgan fingerprint density at radius 2 is 1.53 bits per heavy atom. The van der Waals surface area contributed by atoms with E-state index in [1.54, 1.807) is 0 Å². The second kappa shape index (κ2) is 6.74. The van der Waals surface area contributed by atoms with Crippen molar-refractivity contribution in [2.24, 2.45) is 4.99 Å². The van der Waals surface area contributed by atoms with E-state index in [1.165, 1.54) is 5.69 Å². The molecule has 0 saturated carbocycles. The maximum Gasteiger partial charge on any atom is 0.0629 e. The second-order valence-corrected chi connectivity index (χ2v) is 4.32. The predicted octanol–water partition coefficient (Wildman–Crippen LogP) is 4.28. The van der Waals surface area contributed by atoms with Crippen LogP contribution in [0.2, 0.25) is 0 Å². The van der Waals surface area contributed by atoms with Gasteiger partial charge in [0.1, 0.15) is 0 Å². The summed E-state index contributed by atoms with van der Waals surface area (Å²) in [4.78, 5) is 6.88. The van der Waals surface area contributed by atoms with Crippen LogP contribution in [0.25, 0.3) is 0 Å². The van der Waals surface area contributed by atoms with E-state index in [4.69, 9.17) is 0 Å². The number of hydrogen-bond acceptors (Lipinski definition) is 2. The van der Waals surface area contributed by atoms with Crippen molar-refractivity contribution in [1.82, 2.24) is 0 Å². The van der Waals surface area contributed by atoms with E-state index in [2.05, 4.69) is 48.0 Å². The van der Waals surface area contributed by atoms with Gasteiger partial charge in [0.25, 0.3) is 0 Å². The molecule has 0 saturated heterocycles. The van der Waals surface area contributed by atoms with Crippen LogP contribution < -0.4 is 4.90 Å². The molecule has 0 aliphatic carbocycles. The largest absolute Gasteiger partial charge is 0.372 e. The number of anilines is 1. The Morgan fingerprint density at radius 3 is 2.21 bits per heavy atom. The molecule has 2 nitrogen and oxygen atoms in total. The van der Waals surface area contributed by atoms with Crippen LogP contribution in [0.5, 0.6) is 0 Å². The third-order valence-electron chi connectivity index (χ3n) is 3.15. The Hall–Kier alpha value is -2.09. The summed E-state index contributed by atoms with van der Waals surface area (Å²) in [7, 11) is 0. The highest BCUT2D eigenvalue weighted by atomic mass is 15.1. The summed E-state index contributed by atoms with van der Waals surface area (Å²) in [5.74, 6) is 0. The number of rotatable bonds is 5. The molecule has 0 fully saturated rings. The molecule has 2 aromatic rings. The maximum absolute atomic E-state index is 4.54. The first-order chi connectivity index (χ1) is 9.35. The first-order valence-electron chi connectivity index (χ1n) is 6.78. The van der Waals surface area contributed by atoms with E-state index in [-0.39, 0.29) is 0 Å². The molecule has 0 amide bonds. The van der Waals surface area contributed by atoms with Gasteiger partial charge in [-0.05, 0) is 32.0 Å². The molecule has 0 N–H and O–H groups in total. The predicted molar refractivity (Wildman–Crippen MR) is 83.7 cm³/mol. The summed E-state index contributed by atoms with van der Waals surface area (Å²) in [5, 5.41) is 0. The molecule has 0 aliphatic rings. The van der Waals surface area contributed by atoms with Crippen LogP contribution in [0, 0.1) is 0 Å². The van der Waals surface area contributed by atoms with E-state index in [9.17, 15) is 0 Å². The van der Waals surface area contributed by atoms with E-state index in [0.717, 1.165) is 24.3 Å². The van der Waals surface area contributed by atoms with Gasteiger partial charge in [0.2, 0.25) is 0 Å². The molecular weight excluding hydrogens is 232 g/mol. The van der Waals surface area contributed by atoms with Crippen LogP contribution in [0.1, 0.15) is 19.4 Å². The lowest BCUT2D eigenvalue weighted by Crippen LogP contribution is -2.22. The van der Waals surface area contributed by atoms with Crippen molar-refractivity contribution in [3.05, 3.63) is 60.2 Å². The van der Waals surface area contributed by atoms with E-state index >= 15 is 0 Å². The van der Waals surface area contributed by atoms with Crippen molar-refractivity contribution >= 4 is 17.6 Å². The SMILES string of the molecule is CCN(CC)c1ccccc1C=Nc1ccccc1. The van der Waals surface area contributed by atoms with Gasteiger partial charge in [-0.15, -0.1) is 0 Å². The van der Waals surface area contributed by atoms with E-state index < -0.39 is 0 Å². The van der Waals surface area contributed by atoms with Gasteiger partial charge < -0.3 is 4.90 Å². The number of para-hydroxylation sites is 2. The lowest BCUT2D eigenvalue weighted by atomic mass is 10.1. The molecule has 19 heavy (non-hydrogen) atoms. The van der Waals surface area contributed by atoms with Gasteiger partial charge in [-0.3, -0.25) is 4.99 Å². The molecule has 2 rings (SSSR count). The Morgan fingerprint density at radius 1 is 0.895 bits per heavy atom. The van der Waals surface area contributed by atoms with Crippen LogP contribution >= 0.6 is 0 Å². The van der Waals surface area contributed by atoms with E-state index in [1.807, 2.05) is 36.5 Å². The van der Waals surface area contributed by atoms with Gasteiger partial charge in [-0.25, -0.2) is 0 Å². The zero-order chi connectivity index (χ0) is 13.5. The molecule has 0 radical (unpaired) electrons. The van der Waals surface area contributed by atoms with Crippen molar-refractivity contribution < 1.29 is 0 Å². The highest BCUT2D eigenvalue weighted by Gasteiger charge is 2.05. The fraction of sp³-hybridized carbons (Fsp3) is 0.235. The van der Waals surface area contributed by atoms with Crippen molar-refractivity contribution in [3.8, 4) is 0 Å². The van der Waals surface area contributed by atoms with E-state index in [0.29, 0.717) is 0 Å². The monoisotopic (exact) mass is 252 g/mol. The fourth-order valence-corrected chi connectivity index (χ4v) is 2.11. The summed E-state index contributed by atoms with van der Waals surface area (Å²) < 4.78 is 0. The average Bonchev–Trinajstić information content (AvgIpc) is 2.48. The van der Waals surface area contributed by atoms with Gasteiger partial charge in [0.15, 0.2) is 0 Å². The zero-order valence-electron chi connectivity index (χ0n) is 11.6. The fourth-order valence-electron chi connectivity index (χ4n) is 2.11. The van der Waals surface area contributed by atoms with Gasteiger partial charge >= 0.3 is 0 Å². The number of hydrogen-bond donors (Lipinski definition) is 0. The molecule has 0 heterocycles. The summed E-state index contributed by atoms with van der Waals surface area (Å²) in [6.07, 6.45) is 1.95. The normalized spacial score (nSPS) is 10.8. The molecule has 0 bridgehead atoms. The van der Waals surface area contributed by atoms with Crippen molar-refractivity contribution in [2.45, 2.75) is 13.8 Å². The summed E-state index contributed by atoms with van der Waals surface area (Å²) in [6, 6.07) is 18.4. The third-order valence-corrected chi connectivity index (χ3v) is 3.15. The third kappa shape index (κ3) is 3.44. The lowest BCUT2D eigenvalue weighted by molar-refractivity contribution is 0.865. The van der Waals surface area contributed by atoms with Crippen LogP contribution in [-0.4, -0.2) is 19.3 Å². The average molecular weight is 252 g/mol. The molecule has 0 aliphatic heterocycles. The smallest absolute Gasteiger partial charge is 0.0629 e. The number of benzene rings is 2. The number of aliphatic imine (C=N–C) groups is 1. The van der Waals surface area contributed by atoms with Crippen LogP contribution in [0.3, 0.4) is 0 Å². The summed E-state index contributed by atoms with van der Waals surface area (Å²) in [6.45, 7) is 6.36. The van der Waals surface area contributed by atoms with Crippen molar-refractivity contribution in [1.29, 1.82) is 0 Å². The summed E-state index contributed by atoms with van der Waals surface area (Å²) in [5.41, 5.74) is 3.39. The number of nitrogens with zero attached hydrogens (tertiary/aromatic N) is 2. The first-order valence-corrected chi connectivity index (χ1v) is 6.78. The van der Waals surface area contributed by atoms with Crippen LogP contribution in [-0.2, 0) is 0 Å².